The Bertz CT molecular complexity index is 3580. The second-order valence-corrected chi connectivity index (χ2v) is 28.4. The van der Waals surface area contributed by atoms with Gasteiger partial charge in [-0.3, -0.25) is 57.8 Å². The molecule has 6 aliphatic heterocycles. The molecule has 0 spiro atoms. The number of rotatable bonds is 19. The first-order chi connectivity index (χ1) is 42.6. The van der Waals surface area contributed by atoms with Crippen molar-refractivity contribution >= 4 is 88.1 Å². The zero-order chi connectivity index (χ0) is 64.7. The summed E-state index contributed by atoms with van der Waals surface area (Å²) in [7, 11) is -5.88. The Morgan fingerprint density at radius 1 is 0.800 bits per heavy atom. The van der Waals surface area contributed by atoms with E-state index in [4.69, 9.17) is 5.73 Å². The van der Waals surface area contributed by atoms with E-state index in [0.29, 0.717) is 81.6 Å². The normalized spacial score (nSPS) is 21.7. The summed E-state index contributed by atoms with van der Waals surface area (Å²) in [5, 5.41) is 11.0. The third kappa shape index (κ3) is 14.2. The van der Waals surface area contributed by atoms with Gasteiger partial charge in [-0.25, -0.2) is 0 Å². The summed E-state index contributed by atoms with van der Waals surface area (Å²) in [5.41, 5.74) is 4.91. The molecule has 10 rings (SSSR count). The molecule has 4 aromatic rings. The number of nitrogens with one attached hydrogen (secondary N) is 4. The molecule has 4 saturated heterocycles. The number of fused-ring (bicyclic) bond motifs is 4. The van der Waals surface area contributed by atoms with Crippen molar-refractivity contribution in [1.82, 2.24) is 45.8 Å². The maximum absolute atomic E-state index is 14.8. The van der Waals surface area contributed by atoms with Crippen molar-refractivity contribution in [3.8, 4) is 0 Å². The number of likely N-dealkylation sites (tertiary alicyclic amines) is 1. The van der Waals surface area contributed by atoms with E-state index in [9.17, 15) is 71.1 Å². The molecule has 90 heavy (non-hydrogen) atoms. The quantitative estimate of drug-likeness (QED) is 0.0506. The SMILES string of the molecule is CCN1CC[C@H]2CC[C@@H](C(=O)NC(CCC(N)=O)C(=O)NC(Cc3ccc(C(C)(C)C)cc3)C(=O)N3CCC(CCC(=O)N4Cc5cc6c(cc5C4)C(=O)N(C4CCC(=O)NC4=O)C6)CC3)N2C(=O)[C@@H](NC(=O)c2cc3cc(C(F)(F)P(=O)(O)O)ccc3s2)C1. The van der Waals surface area contributed by atoms with Gasteiger partial charge in [-0.2, -0.15) is 8.78 Å². The van der Waals surface area contributed by atoms with E-state index >= 15 is 0 Å². The van der Waals surface area contributed by atoms with Crippen LogP contribution in [0.5, 0.6) is 0 Å². The Kier molecular flexibility index (Phi) is 19.2. The summed E-state index contributed by atoms with van der Waals surface area (Å²) in [4.78, 5) is 164. The number of hydrogen-bond acceptors (Lipinski definition) is 13. The molecule has 0 aliphatic carbocycles. The highest BCUT2D eigenvalue weighted by Crippen LogP contribution is 2.59. The number of amides is 10. The van der Waals surface area contributed by atoms with E-state index in [1.807, 2.05) is 48.2 Å². The van der Waals surface area contributed by atoms with Crippen molar-refractivity contribution in [2.24, 2.45) is 11.7 Å². The average molecular weight is 1280 g/mol. The minimum absolute atomic E-state index is 0.0311. The van der Waals surface area contributed by atoms with Gasteiger partial charge >= 0.3 is 13.3 Å². The fourth-order valence-electron chi connectivity index (χ4n) is 13.3. The van der Waals surface area contributed by atoms with Gasteiger partial charge in [0.15, 0.2) is 0 Å². The Morgan fingerprint density at radius 2 is 1.50 bits per heavy atom. The molecule has 6 aliphatic rings. The van der Waals surface area contributed by atoms with Crippen molar-refractivity contribution in [2.45, 2.75) is 172 Å². The van der Waals surface area contributed by atoms with Crippen molar-refractivity contribution in [2.75, 3.05) is 32.7 Å². The van der Waals surface area contributed by atoms with Crippen LogP contribution in [0, 0.1) is 5.92 Å². The fraction of sp³-hybridized carbons (Fsp3) is 0.524. The van der Waals surface area contributed by atoms with Crippen molar-refractivity contribution < 1.29 is 71.1 Å². The predicted octanol–water partition coefficient (Wildman–Crippen LogP) is 4.41. The molecule has 0 bridgehead atoms. The molecule has 482 valence electrons. The number of carbonyl (C=O) groups excluding carboxylic acids is 10. The summed E-state index contributed by atoms with van der Waals surface area (Å²) < 4.78 is 41.3. The summed E-state index contributed by atoms with van der Waals surface area (Å²) in [6, 6.07) is 9.78. The number of primary amides is 1. The lowest BCUT2D eigenvalue weighted by atomic mass is 9.86. The van der Waals surface area contributed by atoms with Gasteiger partial charge in [0.2, 0.25) is 47.3 Å². The molecular formula is C63H77F2N10O13PS. The molecule has 3 aromatic carbocycles. The summed E-state index contributed by atoms with van der Waals surface area (Å²) >= 11 is 0.926. The lowest BCUT2D eigenvalue weighted by Crippen LogP contribution is -2.62. The zero-order valence-electron chi connectivity index (χ0n) is 50.8. The highest BCUT2D eigenvalue weighted by Gasteiger charge is 2.51. The second kappa shape index (κ2) is 26.4. The standard InChI is InChI=1S/C63H77F2N10O13PS/c1-5-71-23-22-43-12-14-49(75(43)61(85)47(34-71)69-58(82)51-30-37-28-42(11-16-50(37)90-51)63(64,65)89(86,87)88)57(81)67-45(13-17-52(66)76)55(79)68-46(26-36-6-9-41(10-7-36)62(2,3)4)60(84)72-24-20-35(21-25-72)8-19-54(78)73-31-38-27-40-33-74(48-15-18-53(77)70-56(48)80)59(83)44(40)29-39(38)32-73/h6-7,9-11,16,27-30,35,43,45-49H,5,8,12-15,17-26,31-34H2,1-4H3,(H2,66,76)(H,67,81)(H,68,79)(H,69,82)(H,70,77,80)(H2,86,87,88)/t43-,45?,46?,47+,48?,49+/m1/s1. The molecule has 6 atom stereocenters. The van der Waals surface area contributed by atoms with E-state index in [1.54, 1.807) is 9.80 Å². The predicted molar refractivity (Wildman–Crippen MR) is 326 cm³/mol. The van der Waals surface area contributed by atoms with E-state index in [-0.39, 0.29) is 103 Å². The van der Waals surface area contributed by atoms with Gasteiger partial charge in [-0.05, 0) is 127 Å². The second-order valence-electron chi connectivity index (χ2n) is 25.7. The van der Waals surface area contributed by atoms with Crippen LogP contribution in [0.4, 0.5) is 8.78 Å². The number of benzene rings is 3. The number of imide groups is 1. The summed E-state index contributed by atoms with van der Waals surface area (Å²) in [6.07, 6.45) is 3.07. The van der Waals surface area contributed by atoms with Gasteiger partial charge in [0, 0.05) is 93.4 Å². The van der Waals surface area contributed by atoms with Crippen LogP contribution in [0.15, 0.2) is 60.7 Å². The van der Waals surface area contributed by atoms with Crippen LogP contribution in [0.3, 0.4) is 0 Å². The number of likely N-dealkylation sites (N-methyl/N-ethyl adjacent to an activating group) is 1. The van der Waals surface area contributed by atoms with E-state index in [0.717, 1.165) is 51.3 Å². The Balaban J connectivity index is 0.785. The van der Waals surface area contributed by atoms with E-state index in [2.05, 4.69) is 42.0 Å². The molecule has 8 N–H and O–H groups in total. The van der Waals surface area contributed by atoms with Gasteiger partial charge in [0.1, 0.15) is 30.2 Å². The number of piperidine rings is 2. The Morgan fingerprint density at radius 3 is 2.17 bits per heavy atom. The third-order valence-electron chi connectivity index (χ3n) is 18.6. The minimum Gasteiger partial charge on any atom is -0.370 e. The molecule has 7 heterocycles. The summed E-state index contributed by atoms with van der Waals surface area (Å²) in [5.74, 6) is -4.89. The first-order valence-corrected chi connectivity index (χ1v) is 33.2. The van der Waals surface area contributed by atoms with Crippen molar-refractivity contribution in [1.29, 1.82) is 0 Å². The number of nitrogens with two attached hydrogens (primary N) is 1. The molecule has 4 fully saturated rings. The number of hydrogen-bond donors (Lipinski definition) is 7. The highest BCUT2D eigenvalue weighted by molar-refractivity contribution is 7.52. The summed E-state index contributed by atoms with van der Waals surface area (Å²) in [6.45, 7) is 10.8. The number of thiophene rings is 1. The van der Waals surface area contributed by atoms with Crippen LogP contribution in [-0.2, 0) is 80.1 Å². The lowest BCUT2D eigenvalue weighted by Gasteiger charge is -2.38. The topological polar surface area (TPSA) is 319 Å². The van der Waals surface area contributed by atoms with Crippen molar-refractivity contribution in [3.63, 3.8) is 0 Å². The van der Waals surface area contributed by atoms with Crippen LogP contribution in [-0.4, -0.2) is 162 Å². The highest BCUT2D eigenvalue weighted by atomic mass is 32.1. The molecule has 27 heteroatoms. The maximum Gasteiger partial charge on any atom is 0.399 e. The van der Waals surface area contributed by atoms with Gasteiger partial charge in [0.05, 0.1) is 4.88 Å². The van der Waals surface area contributed by atoms with Crippen molar-refractivity contribution in [3.05, 3.63) is 104 Å². The van der Waals surface area contributed by atoms with Gasteiger partial charge in [-0.15, -0.1) is 11.3 Å². The molecule has 0 radical (unpaired) electrons. The van der Waals surface area contributed by atoms with Crippen LogP contribution in [0.25, 0.3) is 10.1 Å². The van der Waals surface area contributed by atoms with E-state index < -0.39 is 90.5 Å². The Labute approximate surface area is 523 Å². The third-order valence-corrected chi connectivity index (χ3v) is 20.7. The lowest BCUT2D eigenvalue weighted by molar-refractivity contribution is -0.144. The monoisotopic (exact) mass is 1280 g/mol. The van der Waals surface area contributed by atoms with Crippen LogP contribution >= 0.6 is 18.9 Å². The molecule has 0 saturated carbocycles. The number of nitrogens with zero attached hydrogens (tertiary/aromatic N) is 5. The maximum atomic E-state index is 14.8. The molecule has 23 nitrogen and oxygen atoms in total. The molecule has 3 unspecified atom stereocenters. The number of carbonyl (C=O) groups is 10. The van der Waals surface area contributed by atoms with Gasteiger partial charge in [-0.1, -0.05) is 64.1 Å². The fourth-order valence-corrected chi connectivity index (χ4v) is 14.7. The van der Waals surface area contributed by atoms with Gasteiger partial charge in [0.25, 0.3) is 11.8 Å². The first-order valence-electron chi connectivity index (χ1n) is 30.7. The van der Waals surface area contributed by atoms with Crippen LogP contribution in [0.1, 0.15) is 152 Å². The molecular weight excluding hydrogens is 1210 g/mol. The Hall–Kier alpha value is -7.51. The van der Waals surface area contributed by atoms with E-state index in [1.165, 1.54) is 21.9 Å². The van der Waals surface area contributed by atoms with Crippen LogP contribution in [0.2, 0.25) is 0 Å². The smallest absolute Gasteiger partial charge is 0.370 e. The average Bonchev–Trinajstić information content (AvgIpc) is 1.76. The first kappa shape index (κ1) is 65.4. The van der Waals surface area contributed by atoms with Crippen LogP contribution < -0.4 is 27.0 Å². The largest absolute Gasteiger partial charge is 0.399 e. The number of halogens is 2. The van der Waals surface area contributed by atoms with Gasteiger partial charge < -0.3 is 56.0 Å². The molecule has 10 amide bonds. The minimum atomic E-state index is -5.88. The zero-order valence-corrected chi connectivity index (χ0v) is 52.5. The number of alkyl halides is 2. The molecule has 1 aromatic heterocycles.